The Balaban J connectivity index is 2.12. The average Bonchev–Trinajstić information content (AvgIpc) is 3.16. The predicted octanol–water partition coefficient (Wildman–Crippen LogP) is 3.42. The molecule has 0 aliphatic carbocycles. The van der Waals surface area contributed by atoms with Crippen LogP contribution in [0.4, 0.5) is 10.3 Å². The van der Waals surface area contributed by atoms with Gasteiger partial charge in [-0.2, -0.15) is 4.98 Å². The van der Waals surface area contributed by atoms with Crippen LogP contribution in [0.15, 0.2) is 56.1 Å². The van der Waals surface area contributed by atoms with Gasteiger partial charge in [0.05, 0.1) is 9.77 Å². The van der Waals surface area contributed by atoms with E-state index in [9.17, 15) is 12.8 Å². The number of benzene rings is 1. The molecular formula is C14H11FN2O3S2. The summed E-state index contributed by atoms with van der Waals surface area (Å²) in [6, 6.07) is 8.17. The summed E-state index contributed by atoms with van der Waals surface area (Å²) in [5, 5.41) is 4.31. The SMILES string of the molecule is CNc1oc(-c2cccs2)nc1S(=O)(=O)c1ccc(F)cc1. The van der Waals surface area contributed by atoms with Crippen LogP contribution >= 0.6 is 11.3 Å². The molecule has 2 aromatic heterocycles. The smallest absolute Gasteiger partial charge is 0.240 e. The largest absolute Gasteiger partial charge is 0.418 e. The molecule has 3 aromatic rings. The van der Waals surface area contributed by atoms with Crippen LogP contribution in [0.3, 0.4) is 0 Å². The van der Waals surface area contributed by atoms with Gasteiger partial charge in [-0.15, -0.1) is 11.3 Å². The summed E-state index contributed by atoms with van der Waals surface area (Å²) >= 11 is 1.39. The highest BCUT2D eigenvalue weighted by molar-refractivity contribution is 7.91. The summed E-state index contributed by atoms with van der Waals surface area (Å²) in [5.74, 6) is -0.236. The molecule has 114 valence electrons. The molecule has 0 spiro atoms. The first-order chi connectivity index (χ1) is 10.5. The molecule has 0 atom stereocenters. The minimum absolute atomic E-state index is 0.0450. The average molecular weight is 338 g/mol. The van der Waals surface area contributed by atoms with Gasteiger partial charge < -0.3 is 9.73 Å². The fraction of sp³-hybridized carbons (Fsp3) is 0.0714. The summed E-state index contributed by atoms with van der Waals surface area (Å²) in [6.07, 6.45) is 0. The lowest BCUT2D eigenvalue weighted by Crippen LogP contribution is -2.05. The molecule has 0 saturated carbocycles. The molecule has 0 amide bonds. The van der Waals surface area contributed by atoms with Gasteiger partial charge in [0.15, 0.2) is 0 Å². The van der Waals surface area contributed by atoms with Crippen LogP contribution in [0.5, 0.6) is 0 Å². The minimum atomic E-state index is -3.90. The molecule has 5 nitrogen and oxygen atoms in total. The van der Waals surface area contributed by atoms with Crippen LogP contribution in [-0.2, 0) is 9.84 Å². The highest BCUT2D eigenvalue weighted by Crippen LogP contribution is 2.33. The Hall–Kier alpha value is -2.19. The zero-order valence-electron chi connectivity index (χ0n) is 11.4. The van der Waals surface area contributed by atoms with Crippen molar-refractivity contribution in [2.24, 2.45) is 0 Å². The summed E-state index contributed by atoms with van der Waals surface area (Å²) in [4.78, 5) is 4.77. The molecule has 3 rings (SSSR count). The van der Waals surface area contributed by atoms with Gasteiger partial charge in [0.1, 0.15) is 5.82 Å². The lowest BCUT2D eigenvalue weighted by Gasteiger charge is -2.02. The zero-order valence-corrected chi connectivity index (χ0v) is 13.0. The summed E-state index contributed by atoms with van der Waals surface area (Å²) in [6.45, 7) is 0. The van der Waals surface area contributed by atoms with E-state index >= 15 is 0 Å². The van der Waals surface area contributed by atoms with Crippen LogP contribution in [0.2, 0.25) is 0 Å². The second-order valence-electron chi connectivity index (χ2n) is 4.34. The Morgan fingerprint density at radius 3 is 2.55 bits per heavy atom. The van der Waals surface area contributed by atoms with Crippen molar-refractivity contribution >= 4 is 27.1 Å². The van der Waals surface area contributed by atoms with Gasteiger partial charge in [-0.3, -0.25) is 0 Å². The second kappa shape index (κ2) is 5.54. The molecule has 0 aliphatic rings. The molecule has 2 heterocycles. The Morgan fingerprint density at radius 1 is 1.23 bits per heavy atom. The van der Waals surface area contributed by atoms with Crippen molar-refractivity contribution in [3.05, 3.63) is 47.6 Å². The van der Waals surface area contributed by atoms with Crippen LogP contribution in [0.1, 0.15) is 0 Å². The van der Waals surface area contributed by atoms with Crippen molar-refractivity contribution in [3.8, 4) is 10.8 Å². The van der Waals surface area contributed by atoms with E-state index in [2.05, 4.69) is 10.3 Å². The van der Waals surface area contributed by atoms with E-state index in [1.165, 1.54) is 23.5 Å². The van der Waals surface area contributed by atoms with E-state index in [0.717, 1.165) is 17.0 Å². The number of nitrogens with zero attached hydrogens (tertiary/aromatic N) is 1. The van der Waals surface area contributed by atoms with E-state index in [1.807, 2.05) is 11.4 Å². The van der Waals surface area contributed by atoms with Crippen LogP contribution < -0.4 is 5.32 Å². The minimum Gasteiger partial charge on any atom is -0.418 e. The Morgan fingerprint density at radius 2 is 1.95 bits per heavy atom. The third-order valence-electron chi connectivity index (χ3n) is 2.93. The first kappa shape index (κ1) is 14.7. The summed E-state index contributed by atoms with van der Waals surface area (Å²) in [7, 11) is -2.35. The fourth-order valence-electron chi connectivity index (χ4n) is 1.88. The van der Waals surface area contributed by atoms with Gasteiger partial charge >= 0.3 is 0 Å². The number of anilines is 1. The maximum absolute atomic E-state index is 13.0. The maximum atomic E-state index is 13.0. The maximum Gasteiger partial charge on any atom is 0.240 e. The number of sulfone groups is 1. The van der Waals surface area contributed by atoms with Gasteiger partial charge in [-0.1, -0.05) is 6.07 Å². The van der Waals surface area contributed by atoms with Gasteiger partial charge in [0.2, 0.25) is 26.6 Å². The van der Waals surface area contributed by atoms with E-state index < -0.39 is 15.7 Å². The lowest BCUT2D eigenvalue weighted by molar-refractivity contribution is 0.581. The molecule has 1 N–H and O–H groups in total. The number of rotatable bonds is 4. The third-order valence-corrected chi connectivity index (χ3v) is 5.47. The molecule has 0 bridgehead atoms. The lowest BCUT2D eigenvalue weighted by atomic mass is 10.4. The topological polar surface area (TPSA) is 72.2 Å². The molecule has 1 aromatic carbocycles. The number of hydrogen-bond acceptors (Lipinski definition) is 6. The van der Waals surface area contributed by atoms with Crippen molar-refractivity contribution < 1.29 is 17.2 Å². The van der Waals surface area contributed by atoms with E-state index in [4.69, 9.17) is 4.42 Å². The molecule has 0 aliphatic heterocycles. The highest BCUT2D eigenvalue weighted by Gasteiger charge is 2.28. The van der Waals surface area contributed by atoms with E-state index in [-0.39, 0.29) is 21.7 Å². The second-order valence-corrected chi connectivity index (χ2v) is 7.15. The normalized spacial score (nSPS) is 11.5. The summed E-state index contributed by atoms with van der Waals surface area (Å²) < 4.78 is 43.7. The number of aromatic nitrogens is 1. The van der Waals surface area contributed by atoms with Crippen molar-refractivity contribution in [1.82, 2.24) is 4.98 Å². The number of halogens is 1. The standard InChI is InChI=1S/C14H11FN2O3S2/c1-16-13-14(17-12(20-13)11-3-2-8-21-11)22(18,19)10-6-4-9(15)5-7-10/h2-8,16H,1H3. The number of oxazole rings is 1. The molecule has 0 radical (unpaired) electrons. The molecule has 0 saturated heterocycles. The Bertz CT molecular complexity index is 885. The van der Waals surface area contributed by atoms with Crippen molar-refractivity contribution in [2.75, 3.05) is 12.4 Å². The third kappa shape index (κ3) is 2.51. The Labute approximate surface area is 130 Å². The van der Waals surface area contributed by atoms with Crippen molar-refractivity contribution in [1.29, 1.82) is 0 Å². The fourth-order valence-corrected chi connectivity index (χ4v) is 3.83. The van der Waals surface area contributed by atoms with Crippen molar-refractivity contribution in [2.45, 2.75) is 9.92 Å². The number of hydrogen-bond donors (Lipinski definition) is 1. The first-order valence-corrected chi connectivity index (χ1v) is 8.62. The molecule has 8 heteroatoms. The van der Waals surface area contributed by atoms with Crippen molar-refractivity contribution in [3.63, 3.8) is 0 Å². The van der Waals surface area contributed by atoms with Gasteiger partial charge in [0, 0.05) is 7.05 Å². The van der Waals surface area contributed by atoms with Gasteiger partial charge in [0.25, 0.3) is 0 Å². The molecule has 22 heavy (non-hydrogen) atoms. The van der Waals surface area contributed by atoms with Gasteiger partial charge in [-0.05, 0) is 35.7 Å². The zero-order chi connectivity index (χ0) is 15.7. The highest BCUT2D eigenvalue weighted by atomic mass is 32.2. The number of thiophene rings is 1. The van der Waals surface area contributed by atoms with E-state index in [0.29, 0.717) is 0 Å². The molecule has 0 unspecified atom stereocenters. The van der Waals surface area contributed by atoms with Crippen LogP contribution in [0.25, 0.3) is 10.8 Å². The first-order valence-electron chi connectivity index (χ1n) is 6.25. The Kier molecular flexibility index (Phi) is 3.71. The molecule has 0 fully saturated rings. The van der Waals surface area contributed by atoms with Crippen LogP contribution in [-0.4, -0.2) is 20.4 Å². The summed E-state index contributed by atoms with van der Waals surface area (Å²) in [5.41, 5.74) is 0. The monoisotopic (exact) mass is 338 g/mol. The van der Waals surface area contributed by atoms with Gasteiger partial charge in [-0.25, -0.2) is 12.8 Å². The molecular weight excluding hydrogens is 327 g/mol. The predicted molar refractivity (Wildman–Crippen MR) is 81.2 cm³/mol. The number of nitrogens with one attached hydrogen (secondary N) is 1. The van der Waals surface area contributed by atoms with Crippen LogP contribution in [0, 0.1) is 5.82 Å². The van der Waals surface area contributed by atoms with E-state index in [1.54, 1.807) is 13.1 Å². The quantitative estimate of drug-likeness (QED) is 0.738.